The molecule has 1 N–H and O–H groups in total. The van der Waals surface area contributed by atoms with E-state index in [1.165, 1.54) is 18.4 Å². The molecule has 0 atom stereocenters. The van der Waals surface area contributed by atoms with Crippen molar-refractivity contribution in [3.63, 3.8) is 0 Å². The van der Waals surface area contributed by atoms with Crippen LogP contribution in [0.2, 0.25) is 0 Å². The van der Waals surface area contributed by atoms with Gasteiger partial charge in [0.1, 0.15) is 0 Å². The van der Waals surface area contributed by atoms with Crippen LogP contribution in [0.4, 0.5) is 5.69 Å². The number of sulfonamides is 1. The van der Waals surface area contributed by atoms with Crippen molar-refractivity contribution < 1.29 is 13.2 Å². The Morgan fingerprint density at radius 1 is 0.800 bits per heavy atom. The van der Waals surface area contributed by atoms with Crippen LogP contribution in [0.5, 0.6) is 0 Å². The molecule has 0 aromatic heterocycles. The zero-order chi connectivity index (χ0) is 21.0. The van der Waals surface area contributed by atoms with Crippen LogP contribution in [0.3, 0.4) is 0 Å². The molecule has 0 saturated carbocycles. The van der Waals surface area contributed by atoms with Gasteiger partial charge in [-0.15, -0.1) is 0 Å². The zero-order valence-corrected chi connectivity index (χ0v) is 18.0. The molecule has 0 radical (unpaired) electrons. The number of benzene rings is 2. The molecular weight excluding hydrogens is 398 g/mol. The molecule has 2 aliphatic heterocycles. The average molecular weight is 428 g/mol. The number of rotatable bonds is 6. The number of piperidine rings is 1. The number of amides is 1. The summed E-state index contributed by atoms with van der Waals surface area (Å²) in [7, 11) is -3.46. The highest BCUT2D eigenvalue weighted by molar-refractivity contribution is 7.89. The van der Waals surface area contributed by atoms with Gasteiger partial charge < -0.3 is 5.32 Å². The average Bonchev–Trinajstić information content (AvgIpc) is 3.28. The summed E-state index contributed by atoms with van der Waals surface area (Å²) in [5.41, 5.74) is 2.38. The van der Waals surface area contributed by atoms with Crippen LogP contribution in [-0.2, 0) is 16.6 Å². The monoisotopic (exact) mass is 427 g/mol. The minimum absolute atomic E-state index is 0.200. The maximum atomic E-state index is 12.7. The second kappa shape index (κ2) is 9.29. The van der Waals surface area contributed by atoms with Crippen molar-refractivity contribution >= 4 is 21.6 Å². The first-order valence-electron chi connectivity index (χ1n) is 10.8. The molecule has 0 spiro atoms. The predicted octanol–water partition coefficient (Wildman–Crippen LogP) is 3.71. The summed E-state index contributed by atoms with van der Waals surface area (Å²) in [5, 5.41) is 2.85. The first-order chi connectivity index (χ1) is 14.5. The van der Waals surface area contributed by atoms with Gasteiger partial charge in [0.05, 0.1) is 4.90 Å². The van der Waals surface area contributed by atoms with Gasteiger partial charge in [0.25, 0.3) is 5.91 Å². The fourth-order valence-electron chi connectivity index (χ4n) is 4.13. The van der Waals surface area contributed by atoms with Gasteiger partial charge in [-0.2, -0.15) is 4.31 Å². The molecule has 1 amide bonds. The maximum Gasteiger partial charge on any atom is 0.255 e. The van der Waals surface area contributed by atoms with E-state index in [1.54, 1.807) is 28.6 Å². The number of carbonyl (C=O) groups excluding carboxylic acids is 1. The van der Waals surface area contributed by atoms with E-state index in [0.717, 1.165) is 38.9 Å². The molecule has 2 saturated heterocycles. The molecule has 0 aliphatic carbocycles. The molecule has 2 aromatic rings. The topological polar surface area (TPSA) is 69.7 Å². The van der Waals surface area contributed by atoms with Crippen LogP contribution in [0, 0.1) is 0 Å². The minimum Gasteiger partial charge on any atom is -0.322 e. The quantitative estimate of drug-likeness (QED) is 0.763. The summed E-state index contributed by atoms with van der Waals surface area (Å²) >= 11 is 0. The van der Waals surface area contributed by atoms with Crippen LogP contribution in [0.15, 0.2) is 53.4 Å². The lowest BCUT2D eigenvalue weighted by atomic mass is 10.1. The smallest absolute Gasteiger partial charge is 0.255 e. The molecule has 0 unspecified atom stereocenters. The van der Waals surface area contributed by atoms with Crippen molar-refractivity contribution in [1.29, 1.82) is 0 Å². The lowest BCUT2D eigenvalue weighted by molar-refractivity contribution is 0.102. The molecule has 2 heterocycles. The van der Waals surface area contributed by atoms with Gasteiger partial charge in [0.15, 0.2) is 0 Å². The van der Waals surface area contributed by atoms with Gasteiger partial charge in [0, 0.05) is 30.9 Å². The number of hydrogen-bond donors (Lipinski definition) is 1. The van der Waals surface area contributed by atoms with Crippen molar-refractivity contribution in [3.8, 4) is 0 Å². The molecule has 2 aliphatic rings. The number of likely N-dealkylation sites (tertiary alicyclic amines) is 1. The second-order valence-corrected chi connectivity index (χ2v) is 10.1. The van der Waals surface area contributed by atoms with E-state index in [1.807, 2.05) is 24.3 Å². The van der Waals surface area contributed by atoms with Crippen molar-refractivity contribution in [2.45, 2.75) is 43.5 Å². The van der Waals surface area contributed by atoms with Crippen LogP contribution in [-0.4, -0.2) is 49.7 Å². The Morgan fingerprint density at radius 3 is 2.03 bits per heavy atom. The van der Waals surface area contributed by atoms with E-state index in [-0.39, 0.29) is 10.8 Å². The van der Waals surface area contributed by atoms with Gasteiger partial charge in [-0.3, -0.25) is 9.69 Å². The van der Waals surface area contributed by atoms with Crippen LogP contribution in [0.25, 0.3) is 0 Å². The highest BCUT2D eigenvalue weighted by atomic mass is 32.2. The largest absolute Gasteiger partial charge is 0.322 e. The molecule has 6 nitrogen and oxygen atoms in total. The normalized spacial score (nSPS) is 18.4. The number of nitrogens with one attached hydrogen (secondary N) is 1. The molecule has 2 fully saturated rings. The molecular formula is C23H29N3O3S. The van der Waals surface area contributed by atoms with Crippen LogP contribution >= 0.6 is 0 Å². The standard InChI is InChI=1S/C23H29N3O3S/c27-23(20-8-6-19(7-9-20)18-25-14-4-5-15-25)24-21-10-12-22(13-11-21)30(28,29)26-16-2-1-3-17-26/h6-13H,1-5,14-18H2,(H,24,27). The van der Waals surface area contributed by atoms with Crippen molar-refractivity contribution in [3.05, 3.63) is 59.7 Å². The summed E-state index contributed by atoms with van der Waals surface area (Å²) in [6, 6.07) is 14.1. The third-order valence-electron chi connectivity index (χ3n) is 5.89. The molecule has 2 aromatic carbocycles. The number of carbonyl (C=O) groups is 1. The third-order valence-corrected chi connectivity index (χ3v) is 7.80. The number of hydrogen-bond acceptors (Lipinski definition) is 4. The van der Waals surface area contributed by atoms with Crippen molar-refractivity contribution in [2.75, 3.05) is 31.5 Å². The second-order valence-electron chi connectivity index (χ2n) is 8.12. The predicted molar refractivity (Wildman–Crippen MR) is 118 cm³/mol. The third kappa shape index (κ3) is 4.91. The lowest BCUT2D eigenvalue weighted by Crippen LogP contribution is -2.35. The highest BCUT2D eigenvalue weighted by Gasteiger charge is 2.25. The fourth-order valence-corrected chi connectivity index (χ4v) is 5.65. The van der Waals surface area contributed by atoms with E-state index in [4.69, 9.17) is 0 Å². The fraction of sp³-hybridized carbons (Fsp3) is 0.435. The Morgan fingerprint density at radius 2 is 1.40 bits per heavy atom. The summed E-state index contributed by atoms with van der Waals surface area (Å²) in [5.74, 6) is -0.200. The number of anilines is 1. The van der Waals surface area contributed by atoms with Gasteiger partial charge in [0.2, 0.25) is 10.0 Å². The minimum atomic E-state index is -3.46. The van der Waals surface area contributed by atoms with Gasteiger partial charge >= 0.3 is 0 Å². The first kappa shape index (κ1) is 21.0. The van der Waals surface area contributed by atoms with Crippen molar-refractivity contribution in [1.82, 2.24) is 9.21 Å². The van der Waals surface area contributed by atoms with Gasteiger partial charge in [-0.05, 0) is 80.7 Å². The van der Waals surface area contributed by atoms with Crippen LogP contribution in [0.1, 0.15) is 48.0 Å². The Kier molecular flexibility index (Phi) is 6.51. The highest BCUT2D eigenvalue weighted by Crippen LogP contribution is 2.22. The summed E-state index contributed by atoms with van der Waals surface area (Å²) < 4.78 is 27.0. The van der Waals surface area contributed by atoms with E-state index in [9.17, 15) is 13.2 Å². The Balaban J connectivity index is 1.37. The van der Waals surface area contributed by atoms with Crippen LogP contribution < -0.4 is 5.32 Å². The Bertz CT molecular complexity index is 960. The molecule has 30 heavy (non-hydrogen) atoms. The molecule has 7 heteroatoms. The summed E-state index contributed by atoms with van der Waals surface area (Å²) in [6.07, 6.45) is 5.42. The molecule has 4 rings (SSSR count). The lowest BCUT2D eigenvalue weighted by Gasteiger charge is -2.25. The molecule has 0 bridgehead atoms. The summed E-state index contributed by atoms with van der Waals surface area (Å²) in [4.78, 5) is 15.2. The van der Waals surface area contributed by atoms with E-state index in [2.05, 4.69) is 10.2 Å². The van der Waals surface area contributed by atoms with E-state index in [0.29, 0.717) is 24.3 Å². The van der Waals surface area contributed by atoms with E-state index >= 15 is 0 Å². The Hall–Kier alpha value is -2.22. The first-order valence-corrected chi connectivity index (χ1v) is 12.2. The zero-order valence-electron chi connectivity index (χ0n) is 17.2. The Labute approximate surface area is 178 Å². The molecule has 160 valence electrons. The number of nitrogens with zero attached hydrogens (tertiary/aromatic N) is 2. The maximum absolute atomic E-state index is 12.7. The SMILES string of the molecule is O=C(Nc1ccc(S(=O)(=O)N2CCCCC2)cc1)c1ccc(CN2CCCC2)cc1. The van der Waals surface area contributed by atoms with E-state index < -0.39 is 10.0 Å². The van der Waals surface area contributed by atoms with Gasteiger partial charge in [-0.25, -0.2) is 8.42 Å². The van der Waals surface area contributed by atoms with Crippen molar-refractivity contribution in [2.24, 2.45) is 0 Å². The van der Waals surface area contributed by atoms with Gasteiger partial charge in [-0.1, -0.05) is 18.6 Å². The summed E-state index contributed by atoms with van der Waals surface area (Å²) in [6.45, 7) is 4.37.